The molecule has 0 bridgehead atoms. The molecule has 0 aromatic heterocycles. The molecule has 0 amide bonds. The molecule has 0 aromatic carbocycles. The number of hydrogen-bond donors (Lipinski definition) is 0. The highest BCUT2D eigenvalue weighted by molar-refractivity contribution is 9.09. The number of alkyl halides is 1. The van der Waals surface area contributed by atoms with Crippen LogP contribution in [0.5, 0.6) is 0 Å². The summed E-state index contributed by atoms with van der Waals surface area (Å²) >= 11 is 3.46. The van der Waals surface area contributed by atoms with Crippen LogP contribution in [-0.4, -0.2) is 28.6 Å². The lowest BCUT2D eigenvalue weighted by Crippen LogP contribution is -2.41. The van der Waals surface area contributed by atoms with Crippen molar-refractivity contribution in [2.45, 2.75) is 49.9 Å². The van der Waals surface area contributed by atoms with E-state index in [0.29, 0.717) is 6.42 Å². The van der Waals surface area contributed by atoms with Gasteiger partial charge in [0.25, 0.3) is 0 Å². The van der Waals surface area contributed by atoms with Crippen molar-refractivity contribution in [2.75, 3.05) is 5.33 Å². The van der Waals surface area contributed by atoms with Gasteiger partial charge in [0, 0.05) is 11.8 Å². The Bertz CT molecular complexity index is 317. The fourth-order valence-electron chi connectivity index (χ4n) is 2.45. The Balaban J connectivity index is 2.08. The molecule has 3 nitrogen and oxygen atoms in total. The van der Waals surface area contributed by atoms with Crippen molar-refractivity contribution < 1.29 is 14.3 Å². The molecule has 90 valence electrons. The third-order valence-electron chi connectivity index (χ3n) is 3.66. The third kappa shape index (κ3) is 1.93. The Hall–Kier alpha value is -0.350. The van der Waals surface area contributed by atoms with Crippen LogP contribution in [0.2, 0.25) is 0 Å². The number of halogens is 1. The molecule has 16 heavy (non-hydrogen) atoms. The van der Waals surface area contributed by atoms with Gasteiger partial charge in [-0.25, -0.2) is 0 Å². The molecule has 0 spiro atoms. The number of carbonyl (C=O) groups excluding carboxylic acids is 1. The summed E-state index contributed by atoms with van der Waals surface area (Å²) in [5, 5.41) is 0.740. The van der Waals surface area contributed by atoms with E-state index in [9.17, 15) is 4.79 Å². The van der Waals surface area contributed by atoms with Gasteiger partial charge in [-0.3, -0.25) is 4.79 Å². The molecular weight excluding hydrogens is 272 g/mol. The van der Waals surface area contributed by atoms with Crippen LogP contribution in [0.25, 0.3) is 0 Å². The topological polar surface area (TPSA) is 35.5 Å². The second kappa shape index (κ2) is 4.15. The molecule has 2 aliphatic heterocycles. The summed E-state index contributed by atoms with van der Waals surface area (Å²) in [5.74, 6) is -0.110. The second-order valence-electron chi connectivity index (χ2n) is 4.83. The molecule has 0 N–H and O–H groups in total. The molecule has 2 heterocycles. The number of hydrogen-bond acceptors (Lipinski definition) is 3. The van der Waals surface area contributed by atoms with Gasteiger partial charge in [0.15, 0.2) is 0 Å². The summed E-state index contributed by atoms with van der Waals surface area (Å²) in [6.45, 7) is 5.79. The summed E-state index contributed by atoms with van der Waals surface area (Å²) in [6.07, 6.45) is 4.95. The Morgan fingerprint density at radius 3 is 2.81 bits per heavy atom. The average Bonchev–Trinajstić information content (AvgIpc) is 2.85. The quantitative estimate of drug-likeness (QED) is 0.455. The summed E-state index contributed by atoms with van der Waals surface area (Å²) in [7, 11) is 0. The maximum Gasteiger partial charge on any atom is 0.306 e. The van der Waals surface area contributed by atoms with Crippen LogP contribution in [0.1, 0.15) is 32.6 Å². The van der Waals surface area contributed by atoms with E-state index in [1.54, 1.807) is 0 Å². The van der Waals surface area contributed by atoms with Gasteiger partial charge >= 0.3 is 5.97 Å². The molecule has 0 aliphatic carbocycles. The van der Waals surface area contributed by atoms with E-state index in [-0.39, 0.29) is 17.7 Å². The second-order valence-corrected chi connectivity index (χ2v) is 5.40. The Labute approximate surface area is 104 Å². The molecule has 2 saturated heterocycles. The summed E-state index contributed by atoms with van der Waals surface area (Å²) < 4.78 is 11.4. The maximum absolute atomic E-state index is 11.2. The van der Waals surface area contributed by atoms with Gasteiger partial charge in [-0.15, -0.1) is 6.58 Å². The first kappa shape index (κ1) is 12.1. The zero-order chi connectivity index (χ0) is 11.8. The van der Waals surface area contributed by atoms with Gasteiger partial charge in [-0.1, -0.05) is 22.0 Å². The fraction of sp³-hybridized carbons (Fsp3) is 0.750. The molecule has 2 fully saturated rings. The van der Waals surface area contributed by atoms with Crippen molar-refractivity contribution in [1.82, 2.24) is 0 Å². The predicted octanol–water partition coefficient (Wildman–Crippen LogP) is 2.58. The minimum absolute atomic E-state index is 0.00509. The van der Waals surface area contributed by atoms with E-state index < -0.39 is 5.60 Å². The minimum atomic E-state index is -0.440. The van der Waals surface area contributed by atoms with Crippen molar-refractivity contribution in [1.29, 1.82) is 0 Å². The van der Waals surface area contributed by atoms with Crippen LogP contribution in [0.4, 0.5) is 0 Å². The van der Waals surface area contributed by atoms with Crippen molar-refractivity contribution in [2.24, 2.45) is 0 Å². The number of esters is 1. The van der Waals surface area contributed by atoms with Crippen LogP contribution in [0, 0.1) is 0 Å². The van der Waals surface area contributed by atoms with Crippen LogP contribution in [-0.2, 0) is 14.3 Å². The summed E-state index contributed by atoms with van der Waals surface area (Å²) in [5.41, 5.74) is -0.729. The summed E-state index contributed by atoms with van der Waals surface area (Å²) in [4.78, 5) is 11.2. The number of rotatable bonds is 3. The maximum atomic E-state index is 11.2. The monoisotopic (exact) mass is 288 g/mol. The molecule has 0 aromatic rings. The molecule has 2 aliphatic rings. The van der Waals surface area contributed by atoms with Crippen molar-refractivity contribution >= 4 is 21.9 Å². The number of cyclic esters (lactones) is 1. The van der Waals surface area contributed by atoms with Gasteiger partial charge in [0.1, 0.15) is 5.60 Å². The van der Waals surface area contributed by atoms with Crippen molar-refractivity contribution in [3.05, 3.63) is 12.7 Å². The number of ether oxygens (including phenoxy) is 2. The molecule has 3 unspecified atom stereocenters. The van der Waals surface area contributed by atoms with Crippen LogP contribution in [0.3, 0.4) is 0 Å². The highest BCUT2D eigenvalue weighted by atomic mass is 79.9. The lowest BCUT2D eigenvalue weighted by molar-refractivity contribution is -0.161. The molecule has 3 atom stereocenters. The lowest BCUT2D eigenvalue weighted by atomic mass is 9.92. The predicted molar refractivity (Wildman–Crippen MR) is 64.6 cm³/mol. The molecule has 0 radical (unpaired) electrons. The SMILES string of the molecule is C=CC1(CBr)CCC(C2(C)CCC(=O)O2)O1. The lowest BCUT2D eigenvalue weighted by Gasteiger charge is -2.31. The first-order valence-corrected chi connectivity index (χ1v) is 6.75. The molecular formula is C12H17BrO3. The van der Waals surface area contributed by atoms with Gasteiger partial charge < -0.3 is 9.47 Å². The van der Waals surface area contributed by atoms with Gasteiger partial charge in [0.05, 0.1) is 11.7 Å². The molecule has 0 saturated carbocycles. The smallest absolute Gasteiger partial charge is 0.306 e. The highest BCUT2D eigenvalue weighted by Gasteiger charge is 2.50. The van der Waals surface area contributed by atoms with Gasteiger partial charge in [0.2, 0.25) is 0 Å². The fourth-order valence-corrected chi connectivity index (χ4v) is 3.09. The van der Waals surface area contributed by atoms with E-state index >= 15 is 0 Å². The first-order valence-electron chi connectivity index (χ1n) is 5.63. The van der Waals surface area contributed by atoms with Gasteiger partial charge in [-0.2, -0.15) is 0 Å². The Morgan fingerprint density at radius 2 is 2.38 bits per heavy atom. The Morgan fingerprint density at radius 1 is 1.62 bits per heavy atom. The normalized spacial score (nSPS) is 43.4. The van der Waals surface area contributed by atoms with E-state index in [0.717, 1.165) is 24.6 Å². The van der Waals surface area contributed by atoms with E-state index in [1.165, 1.54) is 0 Å². The van der Waals surface area contributed by atoms with Crippen molar-refractivity contribution in [3.63, 3.8) is 0 Å². The zero-order valence-electron chi connectivity index (χ0n) is 9.50. The number of carbonyl (C=O) groups is 1. The first-order chi connectivity index (χ1) is 7.53. The van der Waals surface area contributed by atoms with Crippen molar-refractivity contribution in [3.8, 4) is 0 Å². The zero-order valence-corrected chi connectivity index (χ0v) is 11.1. The van der Waals surface area contributed by atoms with Crippen LogP contribution in [0.15, 0.2) is 12.7 Å². The van der Waals surface area contributed by atoms with E-state index in [4.69, 9.17) is 9.47 Å². The third-order valence-corrected chi connectivity index (χ3v) is 4.61. The minimum Gasteiger partial charge on any atom is -0.457 e. The average molecular weight is 289 g/mol. The molecule has 2 rings (SSSR count). The largest absolute Gasteiger partial charge is 0.457 e. The van der Waals surface area contributed by atoms with E-state index in [1.807, 2.05) is 13.0 Å². The molecule has 4 heteroatoms. The Kier molecular flexibility index (Phi) is 3.14. The highest BCUT2D eigenvalue weighted by Crippen LogP contribution is 2.42. The van der Waals surface area contributed by atoms with E-state index in [2.05, 4.69) is 22.5 Å². The van der Waals surface area contributed by atoms with Gasteiger partial charge in [-0.05, 0) is 26.2 Å². The van der Waals surface area contributed by atoms with Crippen LogP contribution < -0.4 is 0 Å². The summed E-state index contributed by atoms with van der Waals surface area (Å²) in [6, 6.07) is 0. The standard InChI is InChI=1S/C12H17BrO3/c1-3-12(8-13)7-4-9(15-12)11(2)6-5-10(14)16-11/h3,9H,1,4-8H2,2H3. The van der Waals surface area contributed by atoms with Crippen LogP contribution >= 0.6 is 15.9 Å².